The van der Waals surface area contributed by atoms with Gasteiger partial charge in [0.05, 0.1) is 0 Å². The zero-order valence-electron chi connectivity index (χ0n) is 9.17. The Balaban J connectivity index is 2.07. The molecule has 1 aliphatic heterocycles. The Kier molecular flexibility index (Phi) is 2.40. The highest BCUT2D eigenvalue weighted by atomic mass is 19.1. The molecule has 1 N–H and O–H groups in total. The summed E-state index contributed by atoms with van der Waals surface area (Å²) in [6.07, 6.45) is 1.09. The lowest BCUT2D eigenvalue weighted by atomic mass is 10.1. The van der Waals surface area contributed by atoms with Gasteiger partial charge in [-0.1, -0.05) is 0 Å². The van der Waals surface area contributed by atoms with Crippen LogP contribution >= 0.6 is 0 Å². The Labute approximate surface area is 97.7 Å². The third kappa shape index (κ3) is 1.72. The highest BCUT2D eigenvalue weighted by Crippen LogP contribution is 2.28. The van der Waals surface area contributed by atoms with Crippen molar-refractivity contribution < 1.29 is 9.50 Å². The zero-order chi connectivity index (χ0) is 11.8. The Hall–Kier alpha value is -1.75. The molecule has 2 aromatic rings. The van der Waals surface area contributed by atoms with Crippen molar-refractivity contribution >= 4 is 0 Å². The maximum atomic E-state index is 12.8. The molecule has 88 valence electrons. The van der Waals surface area contributed by atoms with Crippen molar-refractivity contribution in [3.8, 4) is 11.4 Å². The van der Waals surface area contributed by atoms with Crippen LogP contribution in [0, 0.1) is 5.82 Å². The van der Waals surface area contributed by atoms with Gasteiger partial charge in [0.1, 0.15) is 11.9 Å². The lowest BCUT2D eigenvalue weighted by Crippen LogP contribution is -2.16. The predicted molar refractivity (Wildman–Crippen MR) is 59.6 cm³/mol. The van der Waals surface area contributed by atoms with Crippen molar-refractivity contribution in [2.24, 2.45) is 0 Å². The van der Waals surface area contributed by atoms with Crippen LogP contribution in [0.4, 0.5) is 4.39 Å². The van der Waals surface area contributed by atoms with Gasteiger partial charge in [-0.2, -0.15) is 0 Å². The average molecular weight is 233 g/mol. The molecule has 0 saturated carbocycles. The summed E-state index contributed by atoms with van der Waals surface area (Å²) in [5.41, 5.74) is 0.819. The van der Waals surface area contributed by atoms with Crippen LogP contribution in [0.15, 0.2) is 24.3 Å². The van der Waals surface area contributed by atoms with E-state index in [0.29, 0.717) is 11.6 Å². The second-order valence-corrected chi connectivity index (χ2v) is 4.20. The molecule has 0 bridgehead atoms. The number of aliphatic hydroxyl groups is 1. The van der Waals surface area contributed by atoms with Crippen molar-refractivity contribution in [2.75, 3.05) is 0 Å². The number of hydrogen-bond acceptors (Lipinski definition) is 3. The predicted octanol–water partition coefficient (Wildman–Crippen LogP) is 1.91. The van der Waals surface area contributed by atoms with E-state index in [9.17, 15) is 9.50 Å². The minimum atomic E-state index is -0.537. The molecule has 17 heavy (non-hydrogen) atoms. The van der Waals surface area contributed by atoms with Gasteiger partial charge in [0, 0.05) is 12.1 Å². The SMILES string of the molecule is OC1CCCn2c(-c3ccc(F)cc3)nnc21. The molecule has 0 fully saturated rings. The number of benzene rings is 1. The monoisotopic (exact) mass is 233 g/mol. The van der Waals surface area contributed by atoms with Crippen molar-refractivity contribution in [2.45, 2.75) is 25.5 Å². The fourth-order valence-corrected chi connectivity index (χ4v) is 2.17. The van der Waals surface area contributed by atoms with Crippen molar-refractivity contribution in [3.63, 3.8) is 0 Å². The van der Waals surface area contributed by atoms with Crippen LogP contribution in [0.3, 0.4) is 0 Å². The van der Waals surface area contributed by atoms with Gasteiger partial charge in [0.15, 0.2) is 11.6 Å². The highest BCUT2D eigenvalue weighted by Gasteiger charge is 2.23. The second kappa shape index (κ2) is 3.92. The first-order valence-corrected chi connectivity index (χ1v) is 5.63. The fraction of sp³-hybridized carbons (Fsp3) is 0.333. The molecule has 1 aromatic heterocycles. The van der Waals surface area contributed by atoms with Gasteiger partial charge >= 0.3 is 0 Å². The van der Waals surface area contributed by atoms with Gasteiger partial charge in [0.25, 0.3) is 0 Å². The van der Waals surface area contributed by atoms with Gasteiger partial charge in [-0.05, 0) is 37.1 Å². The van der Waals surface area contributed by atoms with Gasteiger partial charge in [-0.15, -0.1) is 10.2 Å². The van der Waals surface area contributed by atoms with Crippen LogP contribution in [0.1, 0.15) is 24.8 Å². The highest BCUT2D eigenvalue weighted by molar-refractivity contribution is 5.55. The van der Waals surface area contributed by atoms with E-state index in [4.69, 9.17) is 0 Å². The third-order valence-electron chi connectivity index (χ3n) is 3.04. The fourth-order valence-electron chi connectivity index (χ4n) is 2.17. The molecule has 5 heteroatoms. The van der Waals surface area contributed by atoms with Gasteiger partial charge in [-0.3, -0.25) is 0 Å². The lowest BCUT2D eigenvalue weighted by Gasteiger charge is -2.19. The normalized spacial score (nSPS) is 19.1. The van der Waals surface area contributed by atoms with Crippen molar-refractivity contribution in [1.29, 1.82) is 0 Å². The van der Waals surface area contributed by atoms with E-state index < -0.39 is 6.10 Å². The van der Waals surface area contributed by atoms with Gasteiger partial charge in [-0.25, -0.2) is 4.39 Å². The summed E-state index contributed by atoms with van der Waals surface area (Å²) in [5.74, 6) is 1.03. The maximum Gasteiger partial charge on any atom is 0.164 e. The molecule has 0 saturated heterocycles. The standard InChI is InChI=1S/C12H12FN3O/c13-9-5-3-8(4-6-9)11-14-15-12-10(17)2-1-7-16(11)12/h3-6,10,17H,1-2,7H2. The number of aromatic nitrogens is 3. The van der Waals surface area contributed by atoms with E-state index in [2.05, 4.69) is 10.2 Å². The topological polar surface area (TPSA) is 50.9 Å². The Morgan fingerprint density at radius 3 is 2.76 bits per heavy atom. The number of aliphatic hydroxyl groups excluding tert-OH is 1. The summed E-state index contributed by atoms with van der Waals surface area (Å²) in [4.78, 5) is 0. The minimum absolute atomic E-state index is 0.271. The molecular weight excluding hydrogens is 221 g/mol. The van der Waals surface area contributed by atoms with Crippen LogP contribution in [0.2, 0.25) is 0 Å². The van der Waals surface area contributed by atoms with Gasteiger partial charge < -0.3 is 9.67 Å². The molecule has 3 rings (SSSR count). The molecule has 0 aliphatic carbocycles. The Bertz CT molecular complexity index is 535. The van der Waals surface area contributed by atoms with E-state index in [-0.39, 0.29) is 5.82 Å². The minimum Gasteiger partial charge on any atom is -0.385 e. The van der Waals surface area contributed by atoms with E-state index in [1.807, 2.05) is 4.57 Å². The number of nitrogens with zero attached hydrogens (tertiary/aromatic N) is 3. The summed E-state index contributed by atoms with van der Waals surface area (Å²) in [7, 11) is 0. The molecular formula is C12H12FN3O. The lowest BCUT2D eigenvalue weighted by molar-refractivity contribution is 0.134. The van der Waals surface area contributed by atoms with E-state index >= 15 is 0 Å². The van der Waals surface area contributed by atoms with Crippen LogP contribution < -0.4 is 0 Å². The first-order valence-electron chi connectivity index (χ1n) is 5.63. The molecule has 2 heterocycles. The molecule has 4 nitrogen and oxygen atoms in total. The zero-order valence-corrected chi connectivity index (χ0v) is 9.17. The van der Waals surface area contributed by atoms with Crippen molar-refractivity contribution in [3.05, 3.63) is 35.9 Å². The third-order valence-corrected chi connectivity index (χ3v) is 3.04. The first kappa shape index (κ1) is 10.4. The van der Waals surface area contributed by atoms with E-state index in [1.165, 1.54) is 12.1 Å². The molecule has 1 aromatic carbocycles. The first-order chi connectivity index (χ1) is 8.25. The maximum absolute atomic E-state index is 12.8. The van der Waals surface area contributed by atoms with Gasteiger partial charge in [0.2, 0.25) is 0 Å². The van der Waals surface area contributed by atoms with Crippen molar-refractivity contribution in [1.82, 2.24) is 14.8 Å². The average Bonchev–Trinajstić information content (AvgIpc) is 2.75. The van der Waals surface area contributed by atoms with Crippen LogP contribution in [-0.2, 0) is 6.54 Å². The molecule has 1 aliphatic rings. The molecule has 0 spiro atoms. The second-order valence-electron chi connectivity index (χ2n) is 4.20. The molecule has 1 unspecified atom stereocenters. The smallest absolute Gasteiger partial charge is 0.164 e. The quantitative estimate of drug-likeness (QED) is 0.818. The van der Waals surface area contributed by atoms with Crippen LogP contribution in [-0.4, -0.2) is 19.9 Å². The summed E-state index contributed by atoms with van der Waals surface area (Å²) in [6.45, 7) is 0.798. The van der Waals surface area contributed by atoms with E-state index in [1.54, 1.807) is 12.1 Å². The summed E-state index contributed by atoms with van der Waals surface area (Å²) in [6, 6.07) is 6.15. The molecule has 1 atom stereocenters. The van der Waals surface area contributed by atoms with E-state index in [0.717, 1.165) is 24.9 Å². The summed E-state index contributed by atoms with van der Waals surface area (Å²) in [5, 5.41) is 17.9. The molecule has 0 amide bonds. The summed E-state index contributed by atoms with van der Waals surface area (Å²) < 4.78 is 14.8. The number of fused-ring (bicyclic) bond motifs is 1. The van der Waals surface area contributed by atoms with Crippen LogP contribution in [0.25, 0.3) is 11.4 Å². The molecule has 0 radical (unpaired) electrons. The Morgan fingerprint density at radius 2 is 2.00 bits per heavy atom. The Morgan fingerprint density at radius 1 is 1.24 bits per heavy atom. The number of rotatable bonds is 1. The number of halogens is 1. The number of hydrogen-bond donors (Lipinski definition) is 1. The largest absolute Gasteiger partial charge is 0.385 e. The van der Waals surface area contributed by atoms with Crippen LogP contribution in [0.5, 0.6) is 0 Å². The summed E-state index contributed by atoms with van der Waals surface area (Å²) >= 11 is 0.